The van der Waals surface area contributed by atoms with Crippen molar-refractivity contribution in [2.45, 2.75) is 37.8 Å². The maximum atomic E-state index is 3.61. The Bertz CT molecular complexity index is 165. The summed E-state index contributed by atoms with van der Waals surface area (Å²) in [6, 6.07) is 1.70. The Morgan fingerprint density at radius 2 is 2.00 bits per heavy atom. The summed E-state index contributed by atoms with van der Waals surface area (Å²) < 4.78 is 0. The molecule has 0 radical (unpaired) electrons. The lowest BCUT2D eigenvalue weighted by Gasteiger charge is -2.29. The lowest BCUT2D eigenvalue weighted by Crippen LogP contribution is -2.44. The molecule has 0 aromatic rings. The quantitative estimate of drug-likeness (QED) is 0.748. The Kier molecular flexibility index (Phi) is 4.14. The van der Waals surface area contributed by atoms with E-state index >= 15 is 0 Å². The number of hydrogen-bond donors (Lipinski definition) is 1. The van der Waals surface area contributed by atoms with Gasteiger partial charge in [-0.15, -0.1) is 0 Å². The summed E-state index contributed by atoms with van der Waals surface area (Å²) in [5.74, 6) is 2.65. The van der Waals surface area contributed by atoms with Gasteiger partial charge < -0.3 is 10.2 Å². The van der Waals surface area contributed by atoms with Gasteiger partial charge in [-0.2, -0.15) is 11.8 Å². The highest BCUT2D eigenvalue weighted by atomic mass is 32.2. The van der Waals surface area contributed by atoms with Crippen molar-refractivity contribution in [2.24, 2.45) is 0 Å². The topological polar surface area (TPSA) is 15.3 Å². The van der Waals surface area contributed by atoms with Crippen molar-refractivity contribution in [3.8, 4) is 0 Å². The second-order valence-electron chi connectivity index (χ2n) is 4.61. The third kappa shape index (κ3) is 2.88. The predicted octanol–water partition coefficient (Wildman–Crippen LogP) is 1.57. The average molecular weight is 214 g/mol. The molecule has 14 heavy (non-hydrogen) atoms. The van der Waals surface area contributed by atoms with Gasteiger partial charge in [0.1, 0.15) is 0 Å². The molecule has 0 aromatic carbocycles. The minimum atomic E-state index is 0.817. The van der Waals surface area contributed by atoms with Crippen LogP contribution in [0.3, 0.4) is 0 Å². The maximum Gasteiger partial charge on any atom is 0.0249 e. The zero-order valence-corrected chi connectivity index (χ0v) is 9.98. The van der Waals surface area contributed by atoms with E-state index in [1.807, 2.05) is 0 Å². The van der Waals surface area contributed by atoms with E-state index in [2.05, 4.69) is 29.0 Å². The molecule has 2 nitrogen and oxygen atoms in total. The Morgan fingerprint density at radius 3 is 2.57 bits per heavy atom. The van der Waals surface area contributed by atoms with Crippen molar-refractivity contribution >= 4 is 11.8 Å². The standard InChI is InChI=1S/C11H22N2S/c1-13(11-4-2-3-5-11)7-6-12-10-8-14-9-10/h10-12H,2-9H2,1H3. The molecule has 1 saturated carbocycles. The fraction of sp³-hybridized carbons (Fsp3) is 1.00. The molecule has 0 amide bonds. The Morgan fingerprint density at radius 1 is 1.29 bits per heavy atom. The van der Waals surface area contributed by atoms with Crippen LogP contribution >= 0.6 is 11.8 Å². The lowest BCUT2D eigenvalue weighted by atomic mass is 10.2. The van der Waals surface area contributed by atoms with Crippen LogP contribution in [0.25, 0.3) is 0 Å². The van der Waals surface area contributed by atoms with Gasteiger partial charge in [0.25, 0.3) is 0 Å². The summed E-state index contributed by atoms with van der Waals surface area (Å²) in [6.07, 6.45) is 5.75. The van der Waals surface area contributed by atoms with Crippen molar-refractivity contribution in [3.63, 3.8) is 0 Å². The van der Waals surface area contributed by atoms with Crippen LogP contribution in [-0.2, 0) is 0 Å². The summed E-state index contributed by atoms with van der Waals surface area (Å²) in [4.78, 5) is 2.55. The van der Waals surface area contributed by atoms with Crippen LogP contribution < -0.4 is 5.32 Å². The van der Waals surface area contributed by atoms with Gasteiger partial charge in [0.05, 0.1) is 0 Å². The van der Waals surface area contributed by atoms with Crippen molar-refractivity contribution in [1.29, 1.82) is 0 Å². The summed E-state index contributed by atoms with van der Waals surface area (Å²) in [5, 5.41) is 3.61. The van der Waals surface area contributed by atoms with Crippen LogP contribution in [0.5, 0.6) is 0 Å². The molecule has 0 aromatic heterocycles. The molecule has 2 rings (SSSR count). The number of thioether (sulfide) groups is 1. The van der Waals surface area contributed by atoms with E-state index in [9.17, 15) is 0 Å². The molecular formula is C11H22N2S. The van der Waals surface area contributed by atoms with Gasteiger partial charge in [-0.3, -0.25) is 0 Å². The van der Waals surface area contributed by atoms with E-state index in [-0.39, 0.29) is 0 Å². The van der Waals surface area contributed by atoms with E-state index in [0.717, 1.165) is 12.1 Å². The number of nitrogens with one attached hydrogen (secondary N) is 1. The zero-order valence-electron chi connectivity index (χ0n) is 9.17. The van der Waals surface area contributed by atoms with E-state index in [4.69, 9.17) is 0 Å². The minimum Gasteiger partial charge on any atom is -0.311 e. The molecule has 82 valence electrons. The highest BCUT2D eigenvalue weighted by Crippen LogP contribution is 2.22. The van der Waals surface area contributed by atoms with Crippen LogP contribution in [-0.4, -0.2) is 48.6 Å². The Labute approximate surface area is 91.8 Å². The van der Waals surface area contributed by atoms with Gasteiger partial charge in [0.2, 0.25) is 0 Å². The second kappa shape index (κ2) is 5.38. The molecule has 1 aliphatic heterocycles. The van der Waals surface area contributed by atoms with E-state index in [0.29, 0.717) is 0 Å². The molecule has 1 saturated heterocycles. The highest BCUT2D eigenvalue weighted by molar-refractivity contribution is 8.00. The molecule has 1 heterocycles. The molecular weight excluding hydrogens is 192 g/mol. The summed E-state index contributed by atoms with van der Waals surface area (Å²) >= 11 is 2.05. The largest absolute Gasteiger partial charge is 0.311 e. The molecule has 3 heteroatoms. The van der Waals surface area contributed by atoms with Crippen molar-refractivity contribution < 1.29 is 0 Å². The van der Waals surface area contributed by atoms with Gasteiger partial charge >= 0.3 is 0 Å². The van der Waals surface area contributed by atoms with Crippen LogP contribution in [0.1, 0.15) is 25.7 Å². The SMILES string of the molecule is CN(CCNC1CSC1)C1CCCC1. The fourth-order valence-electron chi connectivity index (χ4n) is 2.33. The molecule has 0 bridgehead atoms. The molecule has 2 fully saturated rings. The summed E-state index contributed by atoms with van der Waals surface area (Å²) in [5.41, 5.74) is 0. The first-order valence-electron chi connectivity index (χ1n) is 5.87. The first-order chi connectivity index (χ1) is 6.86. The first-order valence-corrected chi connectivity index (χ1v) is 7.03. The minimum absolute atomic E-state index is 0.817. The number of nitrogens with zero attached hydrogens (tertiary/aromatic N) is 1. The highest BCUT2D eigenvalue weighted by Gasteiger charge is 2.20. The maximum absolute atomic E-state index is 3.61. The second-order valence-corrected chi connectivity index (χ2v) is 5.68. The predicted molar refractivity (Wildman–Crippen MR) is 64.0 cm³/mol. The van der Waals surface area contributed by atoms with Crippen molar-refractivity contribution in [2.75, 3.05) is 31.6 Å². The van der Waals surface area contributed by atoms with Crippen molar-refractivity contribution in [3.05, 3.63) is 0 Å². The van der Waals surface area contributed by atoms with Crippen molar-refractivity contribution in [1.82, 2.24) is 10.2 Å². The summed E-state index contributed by atoms with van der Waals surface area (Å²) in [7, 11) is 2.28. The monoisotopic (exact) mass is 214 g/mol. The van der Waals surface area contributed by atoms with Crippen LogP contribution in [0.4, 0.5) is 0 Å². The molecule has 0 spiro atoms. The molecule has 0 unspecified atom stereocenters. The van der Waals surface area contributed by atoms with Gasteiger partial charge in [-0.05, 0) is 19.9 Å². The Balaban J connectivity index is 1.54. The third-order valence-corrected chi connectivity index (χ3v) is 4.76. The third-order valence-electron chi connectivity index (χ3n) is 3.48. The van der Waals surface area contributed by atoms with Gasteiger partial charge in [0.15, 0.2) is 0 Å². The normalized spacial score (nSPS) is 24.4. The molecule has 1 N–H and O–H groups in total. The van der Waals surface area contributed by atoms with Crippen LogP contribution in [0.2, 0.25) is 0 Å². The number of hydrogen-bond acceptors (Lipinski definition) is 3. The van der Waals surface area contributed by atoms with Crippen LogP contribution in [0, 0.1) is 0 Å². The first kappa shape index (κ1) is 10.8. The molecule has 1 aliphatic carbocycles. The lowest BCUT2D eigenvalue weighted by molar-refractivity contribution is 0.243. The summed E-state index contributed by atoms with van der Waals surface area (Å²) in [6.45, 7) is 2.41. The van der Waals surface area contributed by atoms with Crippen LogP contribution in [0.15, 0.2) is 0 Å². The zero-order chi connectivity index (χ0) is 9.80. The fourth-order valence-corrected chi connectivity index (χ4v) is 3.03. The average Bonchev–Trinajstić information content (AvgIpc) is 2.61. The van der Waals surface area contributed by atoms with Gasteiger partial charge in [-0.1, -0.05) is 12.8 Å². The molecule has 2 aliphatic rings. The number of rotatable bonds is 5. The van der Waals surface area contributed by atoms with E-state index in [1.165, 1.54) is 50.3 Å². The van der Waals surface area contributed by atoms with Gasteiger partial charge in [-0.25, -0.2) is 0 Å². The van der Waals surface area contributed by atoms with E-state index < -0.39 is 0 Å². The Hall–Kier alpha value is 0.270. The van der Waals surface area contributed by atoms with E-state index in [1.54, 1.807) is 0 Å². The van der Waals surface area contributed by atoms with Gasteiger partial charge in [0, 0.05) is 36.7 Å². The number of likely N-dealkylation sites (N-methyl/N-ethyl adjacent to an activating group) is 1. The smallest absolute Gasteiger partial charge is 0.0249 e. The molecule has 0 atom stereocenters.